The molecule has 1 aliphatic heterocycles. The third-order valence-electron chi connectivity index (χ3n) is 3.21. The first kappa shape index (κ1) is 17.2. The van der Waals surface area contributed by atoms with E-state index in [1.165, 1.54) is 0 Å². The number of nitrogens with one attached hydrogen (secondary N) is 1. The van der Waals surface area contributed by atoms with Crippen molar-refractivity contribution in [2.75, 3.05) is 26.9 Å². The van der Waals surface area contributed by atoms with Crippen molar-refractivity contribution in [3.63, 3.8) is 0 Å². The van der Waals surface area contributed by atoms with E-state index < -0.39 is 12.6 Å². The summed E-state index contributed by atoms with van der Waals surface area (Å²) in [5.41, 5.74) is 0.957. The van der Waals surface area contributed by atoms with Gasteiger partial charge in [-0.15, -0.1) is 0 Å². The Labute approximate surface area is 133 Å². The number of alkyl halides is 3. The first-order chi connectivity index (χ1) is 10.9. The number of nitrogens with zero attached hydrogens (tertiary/aromatic N) is 2. The fourth-order valence-electron chi connectivity index (χ4n) is 2.15. The Morgan fingerprint density at radius 3 is 2.74 bits per heavy atom. The molecule has 1 aliphatic rings. The monoisotopic (exact) mass is 331 g/mol. The number of hydrogen-bond acceptors (Lipinski definition) is 3. The van der Waals surface area contributed by atoms with Gasteiger partial charge in [0.1, 0.15) is 0 Å². The molecule has 0 bridgehead atoms. The minimum atomic E-state index is -4.20. The Hall–Kier alpha value is -2.12. The van der Waals surface area contributed by atoms with Crippen molar-refractivity contribution in [2.45, 2.75) is 26.1 Å². The van der Waals surface area contributed by atoms with Crippen LogP contribution in [0.1, 0.15) is 18.9 Å². The molecule has 0 aromatic heterocycles. The maximum atomic E-state index is 12.2. The molecule has 2 rings (SSSR count). The number of benzene rings is 1. The molecule has 0 atom stereocenters. The van der Waals surface area contributed by atoms with Crippen molar-refractivity contribution in [3.05, 3.63) is 23.8 Å². The number of guanidine groups is 1. The lowest BCUT2D eigenvalue weighted by molar-refractivity contribution is -0.132. The zero-order valence-corrected chi connectivity index (χ0v) is 13.1. The summed E-state index contributed by atoms with van der Waals surface area (Å²) in [6.45, 7) is 2.85. The zero-order chi connectivity index (χ0) is 16.9. The van der Waals surface area contributed by atoms with Crippen molar-refractivity contribution in [3.8, 4) is 11.5 Å². The molecule has 0 amide bonds. The van der Waals surface area contributed by atoms with Crippen LogP contribution in [0.15, 0.2) is 23.2 Å². The van der Waals surface area contributed by atoms with Crippen LogP contribution in [-0.4, -0.2) is 44.0 Å². The van der Waals surface area contributed by atoms with E-state index in [-0.39, 0.29) is 13.3 Å². The Bertz CT molecular complexity index is 561. The van der Waals surface area contributed by atoms with Gasteiger partial charge in [-0.1, -0.05) is 6.07 Å². The summed E-state index contributed by atoms with van der Waals surface area (Å²) in [6.07, 6.45) is -5.13. The summed E-state index contributed by atoms with van der Waals surface area (Å²) >= 11 is 0. The Morgan fingerprint density at radius 1 is 1.30 bits per heavy atom. The number of hydrogen-bond donors (Lipinski definition) is 1. The van der Waals surface area contributed by atoms with Crippen LogP contribution in [0.3, 0.4) is 0 Å². The Kier molecular flexibility index (Phi) is 5.57. The van der Waals surface area contributed by atoms with Crippen LogP contribution in [0.5, 0.6) is 11.5 Å². The van der Waals surface area contributed by atoms with E-state index in [2.05, 4.69) is 10.3 Å². The summed E-state index contributed by atoms with van der Waals surface area (Å²) in [5, 5.41) is 2.99. The second kappa shape index (κ2) is 7.43. The van der Waals surface area contributed by atoms with Crippen molar-refractivity contribution in [1.82, 2.24) is 10.2 Å². The van der Waals surface area contributed by atoms with E-state index >= 15 is 0 Å². The lowest BCUT2D eigenvalue weighted by Crippen LogP contribution is -2.38. The third-order valence-corrected chi connectivity index (χ3v) is 3.21. The highest BCUT2D eigenvalue weighted by Gasteiger charge is 2.26. The number of aliphatic imine (C=N–C) groups is 1. The SMILES string of the molecule is CCNC(=NCCC(F)(F)F)N(C)Cc1ccc2c(c1)OCO2. The first-order valence-corrected chi connectivity index (χ1v) is 7.34. The van der Waals surface area contributed by atoms with Crippen molar-refractivity contribution in [2.24, 2.45) is 4.99 Å². The second-order valence-corrected chi connectivity index (χ2v) is 5.14. The normalized spacial score (nSPS) is 14.0. The molecule has 128 valence electrons. The molecular weight excluding hydrogens is 311 g/mol. The molecule has 5 nitrogen and oxygen atoms in total. The molecule has 0 spiro atoms. The molecule has 1 aromatic carbocycles. The van der Waals surface area contributed by atoms with Crippen LogP contribution in [0, 0.1) is 0 Å². The summed E-state index contributed by atoms with van der Waals surface area (Å²) in [7, 11) is 1.78. The predicted octanol–water partition coefficient (Wildman–Crippen LogP) is 2.77. The fraction of sp³-hybridized carbons (Fsp3) is 0.533. The highest BCUT2D eigenvalue weighted by atomic mass is 19.4. The standard InChI is InChI=1S/C15H20F3N3O2/c1-3-19-14(20-7-6-15(16,17)18)21(2)9-11-4-5-12-13(8-11)23-10-22-12/h4-5,8H,3,6-7,9-10H2,1-2H3,(H,19,20). The molecule has 0 aliphatic carbocycles. The maximum absolute atomic E-state index is 12.2. The minimum absolute atomic E-state index is 0.205. The van der Waals surface area contributed by atoms with E-state index in [1.54, 1.807) is 11.9 Å². The fourth-order valence-corrected chi connectivity index (χ4v) is 2.15. The largest absolute Gasteiger partial charge is 0.454 e. The Balaban J connectivity index is 1.99. The second-order valence-electron chi connectivity index (χ2n) is 5.14. The van der Waals surface area contributed by atoms with Crippen LogP contribution in [0.2, 0.25) is 0 Å². The smallest absolute Gasteiger partial charge is 0.390 e. The average Bonchev–Trinajstić information content (AvgIpc) is 2.92. The number of halogens is 3. The van der Waals surface area contributed by atoms with E-state index in [0.717, 1.165) is 5.56 Å². The molecule has 1 N–H and O–H groups in total. The number of rotatable bonds is 5. The van der Waals surface area contributed by atoms with E-state index in [1.807, 2.05) is 25.1 Å². The zero-order valence-electron chi connectivity index (χ0n) is 13.1. The summed E-state index contributed by atoms with van der Waals surface area (Å²) in [6, 6.07) is 5.57. The molecule has 0 unspecified atom stereocenters. The lowest BCUT2D eigenvalue weighted by Gasteiger charge is -2.22. The van der Waals surface area contributed by atoms with Gasteiger partial charge in [-0.3, -0.25) is 4.99 Å². The molecule has 1 heterocycles. The molecule has 8 heteroatoms. The van der Waals surface area contributed by atoms with Crippen LogP contribution >= 0.6 is 0 Å². The van der Waals surface area contributed by atoms with Crippen LogP contribution < -0.4 is 14.8 Å². The van der Waals surface area contributed by atoms with Gasteiger partial charge in [0.2, 0.25) is 6.79 Å². The van der Waals surface area contributed by atoms with Gasteiger partial charge in [-0.05, 0) is 24.6 Å². The van der Waals surface area contributed by atoms with E-state index in [4.69, 9.17) is 9.47 Å². The molecule has 0 saturated heterocycles. The van der Waals surface area contributed by atoms with Gasteiger partial charge in [0.05, 0.1) is 13.0 Å². The minimum Gasteiger partial charge on any atom is -0.454 e. The van der Waals surface area contributed by atoms with Crippen LogP contribution in [0.4, 0.5) is 13.2 Å². The summed E-state index contributed by atoms with van der Waals surface area (Å²) in [5.74, 6) is 1.81. The summed E-state index contributed by atoms with van der Waals surface area (Å²) in [4.78, 5) is 5.80. The van der Waals surface area contributed by atoms with Gasteiger partial charge < -0.3 is 19.7 Å². The van der Waals surface area contributed by atoms with Gasteiger partial charge in [-0.25, -0.2) is 0 Å². The van der Waals surface area contributed by atoms with Gasteiger partial charge in [0.15, 0.2) is 17.5 Å². The van der Waals surface area contributed by atoms with Crippen LogP contribution in [-0.2, 0) is 6.54 Å². The maximum Gasteiger partial charge on any atom is 0.390 e. The molecule has 0 fully saturated rings. The van der Waals surface area contributed by atoms with E-state index in [0.29, 0.717) is 30.5 Å². The van der Waals surface area contributed by atoms with E-state index in [9.17, 15) is 13.2 Å². The van der Waals surface area contributed by atoms with Crippen molar-refractivity contribution in [1.29, 1.82) is 0 Å². The van der Waals surface area contributed by atoms with Crippen molar-refractivity contribution < 1.29 is 22.6 Å². The first-order valence-electron chi connectivity index (χ1n) is 7.34. The van der Waals surface area contributed by atoms with Crippen LogP contribution in [0.25, 0.3) is 0 Å². The highest BCUT2D eigenvalue weighted by Crippen LogP contribution is 2.32. The topological polar surface area (TPSA) is 46.1 Å². The quantitative estimate of drug-likeness (QED) is 0.666. The van der Waals surface area contributed by atoms with Gasteiger partial charge >= 0.3 is 6.18 Å². The molecule has 23 heavy (non-hydrogen) atoms. The van der Waals surface area contributed by atoms with Gasteiger partial charge in [0, 0.05) is 20.1 Å². The van der Waals surface area contributed by atoms with Gasteiger partial charge in [-0.2, -0.15) is 13.2 Å². The van der Waals surface area contributed by atoms with Gasteiger partial charge in [0.25, 0.3) is 0 Å². The molecule has 0 saturated carbocycles. The number of fused-ring (bicyclic) bond motifs is 1. The van der Waals surface area contributed by atoms with Crippen molar-refractivity contribution >= 4 is 5.96 Å². The Morgan fingerprint density at radius 2 is 2.04 bits per heavy atom. The third kappa shape index (κ3) is 5.22. The molecule has 0 radical (unpaired) electrons. The summed E-state index contributed by atoms with van der Waals surface area (Å²) < 4.78 is 47.3. The molecular formula is C15H20F3N3O2. The number of ether oxygens (including phenoxy) is 2. The lowest BCUT2D eigenvalue weighted by atomic mass is 10.2. The average molecular weight is 331 g/mol. The predicted molar refractivity (Wildman–Crippen MR) is 80.7 cm³/mol. The highest BCUT2D eigenvalue weighted by molar-refractivity contribution is 5.79. The molecule has 1 aromatic rings.